The molecule has 0 unspecified atom stereocenters. The van der Waals surface area contributed by atoms with E-state index in [-0.39, 0.29) is 10.8 Å². The van der Waals surface area contributed by atoms with Gasteiger partial charge in [0, 0.05) is 44.4 Å². The summed E-state index contributed by atoms with van der Waals surface area (Å²) in [7, 11) is 0. The molecule has 4 bridgehead atoms. The van der Waals surface area contributed by atoms with Gasteiger partial charge < -0.3 is 9.80 Å². The minimum Gasteiger partial charge on any atom is -0.310 e. The Balaban J connectivity index is 0.912. The molecule has 350 valence electrons. The molecule has 4 fully saturated rings. The molecule has 0 saturated heterocycles. The van der Waals surface area contributed by atoms with E-state index in [1.807, 2.05) is 0 Å². The lowest BCUT2D eigenvalue weighted by atomic mass is 9.43. The van der Waals surface area contributed by atoms with Gasteiger partial charge in [-0.25, -0.2) is 0 Å². The molecule has 0 aromatic heterocycles. The molecular weight excluding hydrogens is 881 g/mol. The molecule has 11 aromatic rings. The number of rotatable bonds is 7. The summed E-state index contributed by atoms with van der Waals surface area (Å²) in [5.41, 5.74) is 21.0. The van der Waals surface area contributed by atoms with Gasteiger partial charge in [0.1, 0.15) is 0 Å². The average molecular weight is 937 g/mol. The van der Waals surface area contributed by atoms with Crippen LogP contribution in [-0.4, -0.2) is 0 Å². The van der Waals surface area contributed by atoms with Crippen molar-refractivity contribution in [3.63, 3.8) is 0 Å². The van der Waals surface area contributed by atoms with Crippen molar-refractivity contribution in [2.24, 2.45) is 23.7 Å². The van der Waals surface area contributed by atoms with Gasteiger partial charge in [-0.2, -0.15) is 0 Å². The molecule has 6 aliphatic rings. The molecule has 0 atom stereocenters. The number of nitrogens with zero attached hydrogens (tertiary/aromatic N) is 2. The van der Waals surface area contributed by atoms with Crippen molar-refractivity contribution >= 4 is 66.4 Å². The normalized spacial score (nSPS) is 21.5. The van der Waals surface area contributed by atoms with Gasteiger partial charge in [-0.1, -0.05) is 172 Å². The highest BCUT2D eigenvalue weighted by atomic mass is 15.2. The lowest BCUT2D eigenvalue weighted by Gasteiger charge is -2.61. The molecule has 73 heavy (non-hydrogen) atoms. The number of fused-ring (bicyclic) bond motifs is 6. The van der Waals surface area contributed by atoms with Crippen LogP contribution in [0.2, 0.25) is 0 Å². The quantitative estimate of drug-likeness (QED) is 0.147. The molecule has 17 rings (SSSR count). The van der Waals surface area contributed by atoms with Gasteiger partial charge in [-0.05, 0) is 194 Å². The Morgan fingerprint density at radius 1 is 0.342 bits per heavy atom. The number of hydrogen-bond acceptors (Lipinski definition) is 2. The zero-order valence-corrected chi connectivity index (χ0v) is 41.5. The average Bonchev–Trinajstić information content (AvgIpc) is 3.92. The van der Waals surface area contributed by atoms with Gasteiger partial charge in [-0.3, -0.25) is 0 Å². The second-order valence-electron chi connectivity index (χ2n) is 22.9. The first-order chi connectivity index (χ1) is 35.9. The third kappa shape index (κ3) is 5.81. The van der Waals surface area contributed by atoms with Crippen LogP contribution in [0.5, 0.6) is 0 Å². The molecule has 4 saturated carbocycles. The Bertz CT molecular complexity index is 4000. The highest BCUT2D eigenvalue weighted by molar-refractivity contribution is 6.28. The number of hydrogen-bond donors (Lipinski definition) is 0. The van der Waals surface area contributed by atoms with Crippen LogP contribution in [0.4, 0.5) is 34.1 Å². The smallest absolute Gasteiger partial charge is 0.0540 e. The summed E-state index contributed by atoms with van der Waals surface area (Å²) in [6.45, 7) is 4.76. The van der Waals surface area contributed by atoms with Gasteiger partial charge >= 0.3 is 0 Å². The zero-order valence-electron chi connectivity index (χ0n) is 41.5. The first kappa shape index (κ1) is 41.7. The predicted molar refractivity (Wildman–Crippen MR) is 306 cm³/mol. The highest BCUT2D eigenvalue weighted by Crippen LogP contribution is 2.70. The maximum Gasteiger partial charge on any atom is 0.0540 e. The fourth-order valence-electron chi connectivity index (χ4n) is 16.2. The van der Waals surface area contributed by atoms with Crippen molar-refractivity contribution in [1.82, 2.24) is 0 Å². The third-order valence-corrected chi connectivity index (χ3v) is 18.9. The van der Waals surface area contributed by atoms with E-state index in [0.29, 0.717) is 11.8 Å². The minimum atomic E-state index is -0.116. The lowest BCUT2D eigenvalue weighted by molar-refractivity contribution is -0.0399. The van der Waals surface area contributed by atoms with Crippen LogP contribution in [0.1, 0.15) is 68.2 Å². The summed E-state index contributed by atoms with van der Waals surface area (Å²) in [6.07, 6.45) is 6.91. The van der Waals surface area contributed by atoms with Crippen molar-refractivity contribution in [2.45, 2.75) is 56.8 Å². The van der Waals surface area contributed by atoms with Crippen LogP contribution in [0.3, 0.4) is 0 Å². The third-order valence-electron chi connectivity index (χ3n) is 18.9. The lowest BCUT2D eigenvalue weighted by Crippen LogP contribution is -2.55. The summed E-state index contributed by atoms with van der Waals surface area (Å²) < 4.78 is 0. The second kappa shape index (κ2) is 15.3. The van der Waals surface area contributed by atoms with E-state index in [1.54, 1.807) is 11.1 Å². The summed E-state index contributed by atoms with van der Waals surface area (Å²) in [4.78, 5) is 5.10. The van der Waals surface area contributed by atoms with E-state index in [0.717, 1.165) is 17.5 Å². The molecule has 0 radical (unpaired) electrons. The first-order valence-electron chi connectivity index (χ1n) is 26.9. The van der Waals surface area contributed by atoms with E-state index in [1.165, 1.54) is 137 Å². The Labute approximate surface area is 428 Å². The fourth-order valence-corrected chi connectivity index (χ4v) is 16.2. The number of anilines is 6. The number of benzene rings is 11. The van der Waals surface area contributed by atoms with Crippen LogP contribution in [0, 0.1) is 23.7 Å². The molecule has 0 amide bonds. The summed E-state index contributed by atoms with van der Waals surface area (Å²) >= 11 is 0. The SMILES string of the molecule is CC1(C)c2ccccc2-c2ccc(N(c3ccccc3)c3ccc4ccc5c(N(c6cccc(-c7ccccc7)c6)c6ccc7c(c6)C6(c8ccccc8-7)C7CC8CC(C7)CC6C8)ccc6ccc3c4c65)cc21. The van der Waals surface area contributed by atoms with Crippen LogP contribution in [0.25, 0.3) is 65.7 Å². The Kier molecular flexibility index (Phi) is 8.73. The standard InChI is InChI=1S/C71H56N2/c1-70(2)62-22-11-9-20-56(62)58-32-28-54(42-64(58)70)72(52-17-7-4-8-18-52)66-34-26-47-25-31-61-67(35-27-48-24-30-60(66)68(47)69(48)61)73(53-19-13-16-49(41-53)46-14-5-3-6-15-46)55-29-33-59-57-21-10-12-23-63(57)71(65(59)43-55)50-37-44-36-45(39-50)40-51(71)38-44/h3-35,41-45,50-51H,36-40H2,1-2H3. The Morgan fingerprint density at radius 3 is 1.45 bits per heavy atom. The molecule has 0 N–H and O–H groups in total. The highest BCUT2D eigenvalue weighted by Gasteiger charge is 2.61. The molecule has 0 aliphatic heterocycles. The second-order valence-corrected chi connectivity index (χ2v) is 22.9. The van der Waals surface area contributed by atoms with Crippen molar-refractivity contribution < 1.29 is 0 Å². The van der Waals surface area contributed by atoms with Gasteiger partial charge in [0.2, 0.25) is 0 Å². The van der Waals surface area contributed by atoms with Crippen LogP contribution in [0.15, 0.2) is 218 Å². The van der Waals surface area contributed by atoms with E-state index in [2.05, 4.69) is 242 Å². The summed E-state index contributed by atoms with van der Waals surface area (Å²) in [5, 5.41) is 7.63. The topological polar surface area (TPSA) is 6.48 Å². The monoisotopic (exact) mass is 936 g/mol. The van der Waals surface area contributed by atoms with Crippen LogP contribution >= 0.6 is 0 Å². The van der Waals surface area contributed by atoms with Crippen molar-refractivity contribution in [2.75, 3.05) is 9.80 Å². The predicted octanol–water partition coefficient (Wildman–Crippen LogP) is 19.2. The van der Waals surface area contributed by atoms with Crippen LogP contribution < -0.4 is 9.80 Å². The van der Waals surface area contributed by atoms with Crippen LogP contribution in [-0.2, 0) is 10.8 Å². The van der Waals surface area contributed by atoms with Gasteiger partial charge in [-0.15, -0.1) is 0 Å². The van der Waals surface area contributed by atoms with Gasteiger partial charge in [0.25, 0.3) is 0 Å². The van der Waals surface area contributed by atoms with Gasteiger partial charge in [0.05, 0.1) is 11.4 Å². The summed E-state index contributed by atoms with van der Waals surface area (Å²) in [6, 6.07) is 83.4. The zero-order chi connectivity index (χ0) is 48.2. The molecule has 2 nitrogen and oxygen atoms in total. The van der Waals surface area contributed by atoms with E-state index in [9.17, 15) is 0 Å². The molecule has 11 aromatic carbocycles. The molecule has 0 heterocycles. The largest absolute Gasteiger partial charge is 0.310 e. The van der Waals surface area contributed by atoms with E-state index >= 15 is 0 Å². The Hall–Kier alpha value is -7.94. The molecule has 2 heteroatoms. The van der Waals surface area contributed by atoms with Crippen molar-refractivity contribution in [3.05, 3.63) is 241 Å². The summed E-state index contributed by atoms with van der Waals surface area (Å²) in [5.74, 6) is 3.16. The van der Waals surface area contributed by atoms with Crippen molar-refractivity contribution in [3.8, 4) is 33.4 Å². The molecular formula is C71H56N2. The number of para-hydroxylation sites is 1. The molecule has 1 spiro atoms. The maximum atomic E-state index is 2.66. The maximum absolute atomic E-state index is 2.66. The van der Waals surface area contributed by atoms with E-state index < -0.39 is 0 Å². The van der Waals surface area contributed by atoms with Gasteiger partial charge in [0.15, 0.2) is 0 Å². The minimum absolute atomic E-state index is 0.0646. The molecule has 6 aliphatic carbocycles. The van der Waals surface area contributed by atoms with Crippen molar-refractivity contribution in [1.29, 1.82) is 0 Å². The Morgan fingerprint density at radius 2 is 0.808 bits per heavy atom. The fraction of sp³-hybridized carbons (Fsp3) is 0.183. The first-order valence-corrected chi connectivity index (χ1v) is 26.9. The van der Waals surface area contributed by atoms with E-state index in [4.69, 9.17) is 0 Å².